The van der Waals surface area contributed by atoms with Gasteiger partial charge < -0.3 is 15.7 Å². The molecule has 1 fully saturated rings. The van der Waals surface area contributed by atoms with E-state index in [9.17, 15) is 5.11 Å². The summed E-state index contributed by atoms with van der Waals surface area (Å²) in [6.45, 7) is 3.64. The van der Waals surface area contributed by atoms with Crippen molar-refractivity contribution in [1.82, 2.24) is 4.98 Å². The molecule has 0 saturated carbocycles. The highest BCUT2D eigenvalue weighted by Crippen LogP contribution is 2.24. The third-order valence-corrected chi connectivity index (χ3v) is 3.50. The van der Waals surface area contributed by atoms with Gasteiger partial charge in [0.2, 0.25) is 0 Å². The van der Waals surface area contributed by atoms with E-state index in [0.717, 1.165) is 30.9 Å². The molecule has 0 spiro atoms. The van der Waals surface area contributed by atoms with Gasteiger partial charge in [0.15, 0.2) is 0 Å². The van der Waals surface area contributed by atoms with Crippen molar-refractivity contribution < 1.29 is 5.11 Å². The minimum absolute atomic E-state index is 0.254. The van der Waals surface area contributed by atoms with Gasteiger partial charge in [-0.25, -0.2) is 4.98 Å². The van der Waals surface area contributed by atoms with Crippen molar-refractivity contribution in [3.63, 3.8) is 0 Å². The lowest BCUT2D eigenvalue weighted by atomic mass is 10.0. The molecule has 0 aliphatic carbocycles. The number of hydrogen-bond acceptors (Lipinski definition) is 4. The summed E-state index contributed by atoms with van der Waals surface area (Å²) >= 11 is 4.88. The molecular weight excluding hydrogens is 234 g/mol. The Kier molecular flexibility index (Phi) is 3.59. The van der Waals surface area contributed by atoms with E-state index >= 15 is 0 Å². The van der Waals surface area contributed by atoms with Crippen LogP contribution in [0.1, 0.15) is 18.9 Å². The van der Waals surface area contributed by atoms with Crippen LogP contribution in [-0.2, 0) is 0 Å². The molecule has 0 amide bonds. The number of aliphatic hydroxyl groups is 1. The van der Waals surface area contributed by atoms with Crippen molar-refractivity contribution >= 4 is 23.0 Å². The Morgan fingerprint density at radius 2 is 2.41 bits per heavy atom. The van der Waals surface area contributed by atoms with Gasteiger partial charge in [0.25, 0.3) is 0 Å². The van der Waals surface area contributed by atoms with Gasteiger partial charge in [-0.3, -0.25) is 0 Å². The summed E-state index contributed by atoms with van der Waals surface area (Å²) in [4.78, 5) is 6.90. The van der Waals surface area contributed by atoms with Crippen LogP contribution < -0.4 is 10.6 Å². The van der Waals surface area contributed by atoms with Gasteiger partial charge in [-0.15, -0.1) is 0 Å². The zero-order chi connectivity index (χ0) is 12.4. The summed E-state index contributed by atoms with van der Waals surface area (Å²) in [5.74, 6) is 1.26. The highest BCUT2D eigenvalue weighted by molar-refractivity contribution is 7.80. The van der Waals surface area contributed by atoms with Gasteiger partial charge in [0, 0.05) is 30.8 Å². The van der Waals surface area contributed by atoms with Crippen LogP contribution in [0.25, 0.3) is 0 Å². The largest absolute Gasteiger partial charge is 0.393 e. The number of nitrogens with zero attached hydrogens (tertiary/aromatic N) is 2. The number of thiocarbonyl (C=S) groups is 1. The van der Waals surface area contributed by atoms with Crippen LogP contribution in [0.15, 0.2) is 18.3 Å². The first-order chi connectivity index (χ1) is 8.08. The summed E-state index contributed by atoms with van der Waals surface area (Å²) < 4.78 is 0. The lowest BCUT2D eigenvalue weighted by Crippen LogP contribution is -2.24. The molecule has 1 aromatic heterocycles. The van der Waals surface area contributed by atoms with E-state index in [1.165, 1.54) is 0 Å². The third-order valence-electron chi connectivity index (χ3n) is 3.26. The van der Waals surface area contributed by atoms with Crippen LogP contribution in [0.3, 0.4) is 0 Å². The molecule has 1 saturated heterocycles. The molecule has 2 unspecified atom stereocenters. The molecule has 17 heavy (non-hydrogen) atoms. The standard InChI is InChI=1S/C12H17N3OS/c1-8(16)10-4-5-15(7-10)11-3-2-9(6-14-11)12(13)17/h2-3,6,8,10,16H,4-5,7H2,1H3,(H2,13,17). The van der Waals surface area contributed by atoms with E-state index in [-0.39, 0.29) is 6.10 Å². The average molecular weight is 251 g/mol. The quantitative estimate of drug-likeness (QED) is 0.782. The van der Waals surface area contributed by atoms with Crippen LogP contribution >= 0.6 is 12.2 Å². The summed E-state index contributed by atoms with van der Waals surface area (Å²) in [5.41, 5.74) is 6.31. The SMILES string of the molecule is CC(O)C1CCN(c2ccc(C(N)=S)cn2)C1. The van der Waals surface area contributed by atoms with Crippen molar-refractivity contribution in [1.29, 1.82) is 0 Å². The van der Waals surface area contributed by atoms with Crippen LogP contribution in [0.4, 0.5) is 5.82 Å². The Morgan fingerprint density at radius 1 is 1.65 bits per heavy atom. The second-order valence-electron chi connectivity index (χ2n) is 4.50. The Balaban J connectivity index is 2.06. The molecule has 0 radical (unpaired) electrons. The minimum Gasteiger partial charge on any atom is -0.393 e. The topological polar surface area (TPSA) is 62.4 Å². The highest BCUT2D eigenvalue weighted by Gasteiger charge is 2.26. The molecule has 2 atom stereocenters. The lowest BCUT2D eigenvalue weighted by molar-refractivity contribution is 0.136. The molecule has 0 bridgehead atoms. The molecule has 2 heterocycles. The normalized spacial score (nSPS) is 21.5. The fraction of sp³-hybridized carbons (Fsp3) is 0.500. The van der Waals surface area contributed by atoms with E-state index in [4.69, 9.17) is 18.0 Å². The number of aromatic nitrogens is 1. The van der Waals surface area contributed by atoms with Gasteiger partial charge in [-0.1, -0.05) is 12.2 Å². The van der Waals surface area contributed by atoms with Crippen molar-refractivity contribution in [3.8, 4) is 0 Å². The number of hydrogen-bond donors (Lipinski definition) is 2. The Hall–Kier alpha value is -1.20. The fourth-order valence-electron chi connectivity index (χ4n) is 2.11. The van der Waals surface area contributed by atoms with Gasteiger partial charge >= 0.3 is 0 Å². The van der Waals surface area contributed by atoms with Crippen LogP contribution in [0, 0.1) is 5.92 Å². The van der Waals surface area contributed by atoms with E-state index < -0.39 is 0 Å². The highest BCUT2D eigenvalue weighted by atomic mass is 32.1. The maximum atomic E-state index is 9.55. The predicted molar refractivity (Wildman–Crippen MR) is 72.1 cm³/mol. The van der Waals surface area contributed by atoms with Crippen molar-refractivity contribution in [2.45, 2.75) is 19.4 Å². The molecular formula is C12H17N3OS. The monoisotopic (exact) mass is 251 g/mol. The molecule has 1 aliphatic heterocycles. The molecule has 1 aliphatic rings. The summed E-state index contributed by atoms with van der Waals surface area (Å²) in [5, 5.41) is 9.55. The first kappa shape index (κ1) is 12.3. The first-order valence-corrected chi connectivity index (χ1v) is 6.17. The van der Waals surface area contributed by atoms with Gasteiger partial charge in [-0.2, -0.15) is 0 Å². The number of aliphatic hydroxyl groups excluding tert-OH is 1. The Bertz CT molecular complexity index is 405. The van der Waals surface area contributed by atoms with Crippen molar-refractivity contribution in [2.24, 2.45) is 11.7 Å². The minimum atomic E-state index is -0.254. The van der Waals surface area contributed by atoms with Gasteiger partial charge in [0.05, 0.1) is 6.10 Å². The maximum absolute atomic E-state index is 9.55. The lowest BCUT2D eigenvalue weighted by Gasteiger charge is -2.18. The molecule has 5 heteroatoms. The zero-order valence-electron chi connectivity index (χ0n) is 9.84. The Morgan fingerprint density at radius 3 is 2.88 bits per heavy atom. The maximum Gasteiger partial charge on any atom is 0.128 e. The van der Waals surface area contributed by atoms with Crippen LogP contribution in [0.2, 0.25) is 0 Å². The van der Waals surface area contributed by atoms with Gasteiger partial charge in [-0.05, 0) is 25.5 Å². The van der Waals surface area contributed by atoms with Crippen molar-refractivity contribution in [3.05, 3.63) is 23.9 Å². The van der Waals surface area contributed by atoms with E-state index in [2.05, 4.69) is 9.88 Å². The number of rotatable bonds is 3. The van der Waals surface area contributed by atoms with E-state index in [1.807, 2.05) is 19.1 Å². The second kappa shape index (κ2) is 4.98. The molecule has 0 aromatic carbocycles. The third kappa shape index (κ3) is 2.73. The van der Waals surface area contributed by atoms with Crippen LogP contribution in [0.5, 0.6) is 0 Å². The average Bonchev–Trinajstić information content (AvgIpc) is 2.78. The zero-order valence-corrected chi connectivity index (χ0v) is 10.7. The fourth-order valence-corrected chi connectivity index (χ4v) is 2.23. The summed E-state index contributed by atoms with van der Waals surface area (Å²) in [6.07, 6.45) is 2.46. The molecule has 3 N–H and O–H groups in total. The summed E-state index contributed by atoms with van der Waals surface area (Å²) in [6, 6.07) is 3.82. The molecule has 92 valence electrons. The molecule has 4 nitrogen and oxygen atoms in total. The second-order valence-corrected chi connectivity index (χ2v) is 4.94. The molecule has 1 aromatic rings. The van der Waals surface area contributed by atoms with Crippen molar-refractivity contribution in [2.75, 3.05) is 18.0 Å². The number of nitrogens with two attached hydrogens (primary N) is 1. The van der Waals surface area contributed by atoms with Crippen LogP contribution in [-0.4, -0.2) is 34.3 Å². The smallest absolute Gasteiger partial charge is 0.128 e. The van der Waals surface area contributed by atoms with Gasteiger partial charge in [0.1, 0.15) is 10.8 Å². The summed E-state index contributed by atoms with van der Waals surface area (Å²) in [7, 11) is 0. The Labute approximate surface area is 106 Å². The first-order valence-electron chi connectivity index (χ1n) is 5.77. The van der Waals surface area contributed by atoms with E-state index in [0.29, 0.717) is 10.9 Å². The predicted octanol–water partition coefficient (Wildman–Crippen LogP) is 0.923. The molecule has 2 rings (SSSR count). The number of pyridine rings is 1. The van der Waals surface area contributed by atoms with E-state index in [1.54, 1.807) is 6.20 Å². The number of anilines is 1.